The molecular formula is C15H19N3O2. The van der Waals surface area contributed by atoms with E-state index >= 15 is 0 Å². The van der Waals surface area contributed by atoms with Gasteiger partial charge in [-0.3, -0.25) is 0 Å². The number of aromatic nitrogens is 2. The molecule has 2 aromatic rings. The van der Waals surface area contributed by atoms with Gasteiger partial charge in [-0.25, -0.2) is 4.98 Å². The normalized spacial score (nSPS) is 15.1. The number of nitrogens with zero attached hydrogens (tertiary/aromatic N) is 2. The van der Waals surface area contributed by atoms with Crippen LogP contribution >= 0.6 is 0 Å². The Kier molecular flexibility index (Phi) is 3.60. The molecule has 0 spiro atoms. The molecule has 1 atom stereocenters. The van der Waals surface area contributed by atoms with E-state index in [4.69, 9.17) is 9.47 Å². The Labute approximate surface area is 118 Å². The van der Waals surface area contributed by atoms with Crippen LogP contribution in [0.15, 0.2) is 30.6 Å². The summed E-state index contributed by atoms with van der Waals surface area (Å²) in [6.07, 6.45) is 3.82. The molecule has 1 N–H and O–H groups in total. The van der Waals surface area contributed by atoms with Gasteiger partial charge in [0.25, 0.3) is 0 Å². The number of hydrogen-bond donors (Lipinski definition) is 1. The molecule has 0 amide bonds. The van der Waals surface area contributed by atoms with Crippen LogP contribution in [0.4, 0.5) is 0 Å². The van der Waals surface area contributed by atoms with Crippen LogP contribution < -0.4 is 14.8 Å². The molecule has 5 nitrogen and oxygen atoms in total. The minimum atomic E-state index is 0.207. The number of aryl methyl sites for hydroxylation is 1. The average molecular weight is 273 g/mol. The largest absolute Gasteiger partial charge is 0.486 e. The molecule has 3 rings (SSSR count). The minimum absolute atomic E-state index is 0.207. The molecule has 2 heterocycles. The van der Waals surface area contributed by atoms with Crippen molar-refractivity contribution in [1.82, 2.24) is 14.9 Å². The third kappa shape index (κ3) is 2.49. The van der Waals surface area contributed by atoms with Crippen molar-refractivity contribution in [2.45, 2.75) is 19.5 Å². The van der Waals surface area contributed by atoms with Gasteiger partial charge in [0.2, 0.25) is 0 Å². The first-order valence-corrected chi connectivity index (χ1v) is 6.82. The van der Waals surface area contributed by atoms with Crippen LogP contribution in [0.2, 0.25) is 0 Å². The molecule has 0 aliphatic carbocycles. The van der Waals surface area contributed by atoms with Gasteiger partial charge in [-0.05, 0) is 31.7 Å². The lowest BCUT2D eigenvalue weighted by Gasteiger charge is -2.22. The molecule has 0 bridgehead atoms. The van der Waals surface area contributed by atoms with Gasteiger partial charge < -0.3 is 19.4 Å². The van der Waals surface area contributed by atoms with Crippen molar-refractivity contribution in [3.05, 3.63) is 42.0 Å². The number of imidazole rings is 1. The Hall–Kier alpha value is -2.01. The van der Waals surface area contributed by atoms with Crippen molar-refractivity contribution in [3.8, 4) is 11.5 Å². The predicted molar refractivity (Wildman–Crippen MR) is 76.2 cm³/mol. The minimum Gasteiger partial charge on any atom is -0.486 e. The number of nitrogens with one attached hydrogen (secondary N) is 1. The van der Waals surface area contributed by atoms with Crippen molar-refractivity contribution in [1.29, 1.82) is 0 Å². The average Bonchev–Trinajstić information content (AvgIpc) is 2.89. The summed E-state index contributed by atoms with van der Waals surface area (Å²) in [4.78, 5) is 4.26. The molecule has 5 heteroatoms. The quantitative estimate of drug-likeness (QED) is 0.924. The molecule has 0 fully saturated rings. The van der Waals surface area contributed by atoms with E-state index in [0.29, 0.717) is 13.2 Å². The smallest absolute Gasteiger partial charge is 0.161 e. The lowest BCUT2D eigenvalue weighted by atomic mass is 10.1. The van der Waals surface area contributed by atoms with Crippen molar-refractivity contribution < 1.29 is 9.47 Å². The Morgan fingerprint density at radius 1 is 1.30 bits per heavy atom. The molecule has 20 heavy (non-hydrogen) atoms. The van der Waals surface area contributed by atoms with Crippen LogP contribution in [0.1, 0.15) is 17.4 Å². The van der Waals surface area contributed by atoms with Crippen LogP contribution in [0.25, 0.3) is 0 Å². The summed E-state index contributed by atoms with van der Waals surface area (Å²) >= 11 is 0. The zero-order chi connectivity index (χ0) is 13.9. The van der Waals surface area contributed by atoms with Crippen molar-refractivity contribution in [3.63, 3.8) is 0 Å². The maximum absolute atomic E-state index is 5.65. The van der Waals surface area contributed by atoms with Crippen molar-refractivity contribution in [2.75, 3.05) is 20.3 Å². The van der Waals surface area contributed by atoms with Gasteiger partial charge in [0.1, 0.15) is 19.0 Å². The second kappa shape index (κ2) is 5.54. The van der Waals surface area contributed by atoms with Gasteiger partial charge in [0.15, 0.2) is 11.5 Å². The van der Waals surface area contributed by atoms with E-state index in [0.717, 1.165) is 23.9 Å². The molecule has 0 saturated carbocycles. The highest BCUT2D eigenvalue weighted by molar-refractivity contribution is 5.44. The zero-order valence-electron chi connectivity index (χ0n) is 11.8. The summed E-state index contributed by atoms with van der Waals surface area (Å²) < 4.78 is 13.3. The second-order valence-corrected chi connectivity index (χ2v) is 4.87. The highest BCUT2D eigenvalue weighted by Crippen LogP contribution is 2.32. The summed E-state index contributed by atoms with van der Waals surface area (Å²) in [7, 11) is 1.97. The first-order valence-electron chi connectivity index (χ1n) is 6.82. The van der Waals surface area contributed by atoms with E-state index in [1.54, 1.807) is 0 Å². The zero-order valence-corrected chi connectivity index (χ0v) is 11.8. The Balaban J connectivity index is 1.84. The van der Waals surface area contributed by atoms with Gasteiger partial charge >= 0.3 is 0 Å². The van der Waals surface area contributed by atoms with Gasteiger partial charge in [-0.2, -0.15) is 0 Å². The summed E-state index contributed by atoms with van der Waals surface area (Å²) in [5, 5.41) is 3.35. The molecular weight excluding hydrogens is 254 g/mol. The number of rotatable bonds is 4. The number of hydrogen-bond acceptors (Lipinski definition) is 4. The topological polar surface area (TPSA) is 48.3 Å². The van der Waals surface area contributed by atoms with E-state index < -0.39 is 0 Å². The van der Waals surface area contributed by atoms with Crippen LogP contribution in [0.3, 0.4) is 0 Å². The summed E-state index contributed by atoms with van der Waals surface area (Å²) in [6.45, 7) is 4.08. The number of fused-ring (bicyclic) bond motifs is 1. The van der Waals surface area contributed by atoms with Gasteiger partial charge in [0, 0.05) is 18.9 Å². The molecule has 1 aromatic heterocycles. The third-order valence-corrected chi connectivity index (χ3v) is 3.62. The van der Waals surface area contributed by atoms with Crippen LogP contribution in [-0.4, -0.2) is 29.8 Å². The number of benzene rings is 1. The lowest BCUT2D eigenvalue weighted by molar-refractivity contribution is 0.171. The lowest BCUT2D eigenvalue weighted by Crippen LogP contribution is -2.23. The Morgan fingerprint density at radius 3 is 2.80 bits per heavy atom. The SMILES string of the molecule is CNC(Cn1ccnc1C)c1ccc2c(c1)OCCO2. The second-order valence-electron chi connectivity index (χ2n) is 4.87. The van der Waals surface area contributed by atoms with E-state index in [1.807, 2.05) is 32.4 Å². The molecule has 106 valence electrons. The van der Waals surface area contributed by atoms with Gasteiger partial charge in [-0.1, -0.05) is 6.07 Å². The first kappa shape index (κ1) is 13.0. The summed E-state index contributed by atoms with van der Waals surface area (Å²) in [6, 6.07) is 6.33. The monoisotopic (exact) mass is 273 g/mol. The Morgan fingerprint density at radius 2 is 2.10 bits per heavy atom. The van der Waals surface area contributed by atoms with Gasteiger partial charge in [0.05, 0.1) is 6.04 Å². The molecule has 0 radical (unpaired) electrons. The molecule has 1 aliphatic heterocycles. The van der Waals surface area contributed by atoms with Gasteiger partial charge in [-0.15, -0.1) is 0 Å². The third-order valence-electron chi connectivity index (χ3n) is 3.62. The maximum atomic E-state index is 5.65. The van der Waals surface area contributed by atoms with Crippen molar-refractivity contribution in [2.24, 2.45) is 0 Å². The number of likely N-dealkylation sites (N-methyl/N-ethyl adjacent to an activating group) is 1. The standard InChI is InChI=1S/C15H19N3O2/c1-11-17-5-6-18(11)10-13(16-2)12-3-4-14-15(9-12)20-8-7-19-14/h3-6,9,13,16H,7-8,10H2,1-2H3. The van der Waals surface area contributed by atoms with E-state index in [2.05, 4.69) is 27.0 Å². The van der Waals surface area contributed by atoms with Crippen molar-refractivity contribution >= 4 is 0 Å². The van der Waals surface area contributed by atoms with Crippen LogP contribution in [0.5, 0.6) is 11.5 Å². The fraction of sp³-hybridized carbons (Fsp3) is 0.400. The summed E-state index contributed by atoms with van der Waals surface area (Å²) in [5.74, 6) is 2.67. The van der Waals surface area contributed by atoms with E-state index in [1.165, 1.54) is 5.56 Å². The molecule has 0 saturated heterocycles. The van der Waals surface area contributed by atoms with Crippen LogP contribution in [0, 0.1) is 6.92 Å². The highest BCUT2D eigenvalue weighted by atomic mass is 16.6. The molecule has 1 unspecified atom stereocenters. The first-order chi connectivity index (χ1) is 9.78. The Bertz CT molecular complexity index is 595. The summed E-state index contributed by atoms with van der Waals surface area (Å²) in [5.41, 5.74) is 1.19. The number of ether oxygens (including phenoxy) is 2. The molecule has 1 aromatic carbocycles. The molecule has 1 aliphatic rings. The predicted octanol–water partition coefficient (Wildman–Crippen LogP) is 1.92. The highest BCUT2D eigenvalue weighted by Gasteiger charge is 2.16. The fourth-order valence-electron chi connectivity index (χ4n) is 2.43. The van der Waals surface area contributed by atoms with E-state index in [-0.39, 0.29) is 6.04 Å². The van der Waals surface area contributed by atoms with E-state index in [9.17, 15) is 0 Å². The van der Waals surface area contributed by atoms with Crippen LogP contribution in [-0.2, 0) is 6.54 Å². The fourth-order valence-corrected chi connectivity index (χ4v) is 2.43. The maximum Gasteiger partial charge on any atom is 0.161 e.